The number of nitrogens with one attached hydrogen (secondary N) is 1. The van der Waals surface area contributed by atoms with Crippen molar-refractivity contribution in [1.29, 1.82) is 0 Å². The highest BCUT2D eigenvalue weighted by Gasteiger charge is 2.05. The van der Waals surface area contributed by atoms with Crippen LogP contribution in [0.4, 0.5) is 0 Å². The molecule has 0 radical (unpaired) electrons. The van der Waals surface area contributed by atoms with E-state index in [4.69, 9.17) is 14.6 Å². The number of amides is 1. The van der Waals surface area contributed by atoms with Crippen LogP contribution in [0.2, 0.25) is 0 Å². The molecule has 150 valence electrons. The fourth-order valence-corrected chi connectivity index (χ4v) is 2.59. The fourth-order valence-electron chi connectivity index (χ4n) is 2.59. The van der Waals surface area contributed by atoms with Crippen LogP contribution in [0.3, 0.4) is 0 Å². The molecule has 2 N–H and O–H groups in total. The summed E-state index contributed by atoms with van der Waals surface area (Å²) >= 11 is 0. The molecule has 0 atom stereocenters. The molecule has 0 saturated heterocycles. The molecular weight excluding hydrogens is 358 g/mol. The molecule has 2 rings (SSSR count). The van der Waals surface area contributed by atoms with Crippen LogP contribution in [0.25, 0.3) is 0 Å². The Kier molecular flexibility index (Phi) is 8.85. The zero-order chi connectivity index (χ0) is 20.2. The number of benzene rings is 2. The van der Waals surface area contributed by atoms with Gasteiger partial charge in [0.1, 0.15) is 24.7 Å². The number of carbonyl (C=O) groups is 2. The number of hydrogen-bond donors (Lipinski definition) is 2. The molecule has 6 heteroatoms. The van der Waals surface area contributed by atoms with Crippen LogP contribution in [0.1, 0.15) is 30.9 Å². The zero-order valence-corrected chi connectivity index (χ0v) is 16.1. The highest BCUT2D eigenvalue weighted by atomic mass is 16.5. The number of ether oxygens (including phenoxy) is 2. The van der Waals surface area contributed by atoms with Crippen LogP contribution in [-0.4, -0.2) is 36.7 Å². The van der Waals surface area contributed by atoms with Crippen LogP contribution in [0.5, 0.6) is 11.5 Å². The lowest BCUT2D eigenvalue weighted by molar-refractivity contribution is -0.138. The van der Waals surface area contributed by atoms with Gasteiger partial charge in [-0.3, -0.25) is 9.59 Å². The van der Waals surface area contributed by atoms with E-state index in [-0.39, 0.29) is 18.7 Å². The molecule has 2 aromatic rings. The zero-order valence-electron chi connectivity index (χ0n) is 16.1. The summed E-state index contributed by atoms with van der Waals surface area (Å²) in [6, 6.07) is 15.7. The summed E-state index contributed by atoms with van der Waals surface area (Å²) in [7, 11) is 0. The topological polar surface area (TPSA) is 84.9 Å². The predicted molar refractivity (Wildman–Crippen MR) is 107 cm³/mol. The van der Waals surface area contributed by atoms with Gasteiger partial charge in [0.25, 0.3) is 0 Å². The summed E-state index contributed by atoms with van der Waals surface area (Å²) < 4.78 is 11.4. The molecule has 0 aliphatic rings. The van der Waals surface area contributed by atoms with Crippen LogP contribution in [0.15, 0.2) is 48.5 Å². The van der Waals surface area contributed by atoms with Crippen molar-refractivity contribution >= 4 is 11.9 Å². The minimum Gasteiger partial charge on any atom is -0.490 e. The van der Waals surface area contributed by atoms with E-state index in [0.29, 0.717) is 26.2 Å². The Morgan fingerprint density at radius 3 is 2.32 bits per heavy atom. The lowest BCUT2D eigenvalue weighted by Crippen LogP contribution is -2.26. The van der Waals surface area contributed by atoms with Crippen molar-refractivity contribution < 1.29 is 24.2 Å². The van der Waals surface area contributed by atoms with Crippen molar-refractivity contribution in [2.24, 2.45) is 0 Å². The van der Waals surface area contributed by atoms with Gasteiger partial charge in [0.05, 0.1) is 6.42 Å². The lowest BCUT2D eigenvalue weighted by Gasteiger charge is -2.10. The fraction of sp³-hybridized carbons (Fsp3) is 0.364. The SMILES string of the molecule is CCc1ccc(OCCOc2cccc(CCNC(=O)CCC(=O)O)c2)cc1. The second-order valence-corrected chi connectivity index (χ2v) is 6.34. The van der Waals surface area contributed by atoms with E-state index < -0.39 is 5.97 Å². The summed E-state index contributed by atoms with van der Waals surface area (Å²) in [5, 5.41) is 11.3. The van der Waals surface area contributed by atoms with Crippen molar-refractivity contribution in [2.75, 3.05) is 19.8 Å². The van der Waals surface area contributed by atoms with Crippen LogP contribution in [-0.2, 0) is 22.4 Å². The maximum absolute atomic E-state index is 11.5. The third kappa shape index (κ3) is 8.12. The Morgan fingerprint density at radius 1 is 0.929 bits per heavy atom. The van der Waals surface area contributed by atoms with E-state index in [2.05, 4.69) is 24.4 Å². The van der Waals surface area contributed by atoms with Gasteiger partial charge < -0.3 is 19.9 Å². The molecule has 0 unspecified atom stereocenters. The summed E-state index contributed by atoms with van der Waals surface area (Å²) in [4.78, 5) is 22.0. The normalized spacial score (nSPS) is 10.3. The highest BCUT2D eigenvalue weighted by molar-refractivity contribution is 5.80. The Labute approximate surface area is 165 Å². The first kappa shape index (κ1) is 21.3. The van der Waals surface area contributed by atoms with Gasteiger partial charge >= 0.3 is 5.97 Å². The van der Waals surface area contributed by atoms with Crippen molar-refractivity contribution in [3.05, 3.63) is 59.7 Å². The molecule has 6 nitrogen and oxygen atoms in total. The molecule has 0 aromatic heterocycles. The quantitative estimate of drug-likeness (QED) is 0.548. The van der Waals surface area contributed by atoms with Crippen LogP contribution >= 0.6 is 0 Å². The molecule has 28 heavy (non-hydrogen) atoms. The standard InChI is InChI=1S/C22H27NO5/c1-2-17-6-8-19(9-7-17)27-14-15-28-20-5-3-4-18(16-20)12-13-23-21(24)10-11-22(25)26/h3-9,16H,2,10-15H2,1H3,(H,23,24)(H,25,26). The minimum absolute atomic E-state index is 0.000342. The first-order valence-corrected chi connectivity index (χ1v) is 9.49. The van der Waals surface area contributed by atoms with Gasteiger partial charge in [-0.1, -0.05) is 31.2 Å². The number of aryl methyl sites for hydroxylation is 1. The van der Waals surface area contributed by atoms with Gasteiger partial charge in [0.15, 0.2) is 0 Å². The molecular formula is C22H27NO5. The summed E-state index contributed by atoms with van der Waals surface area (Å²) in [6.07, 6.45) is 1.50. The third-order valence-electron chi connectivity index (χ3n) is 4.15. The van der Waals surface area contributed by atoms with Crippen molar-refractivity contribution in [3.63, 3.8) is 0 Å². The van der Waals surface area contributed by atoms with Gasteiger partial charge in [-0.15, -0.1) is 0 Å². The number of carboxylic acid groups (broad SMARTS) is 1. The van der Waals surface area contributed by atoms with E-state index in [9.17, 15) is 9.59 Å². The van der Waals surface area contributed by atoms with Gasteiger partial charge in [0.2, 0.25) is 5.91 Å². The van der Waals surface area contributed by atoms with Gasteiger partial charge in [0, 0.05) is 13.0 Å². The van der Waals surface area contributed by atoms with Crippen molar-refractivity contribution in [1.82, 2.24) is 5.32 Å². The average molecular weight is 385 g/mol. The average Bonchev–Trinajstić information content (AvgIpc) is 2.70. The molecule has 0 aliphatic heterocycles. The first-order chi connectivity index (χ1) is 13.6. The second kappa shape index (κ2) is 11.6. The van der Waals surface area contributed by atoms with Gasteiger partial charge in [-0.2, -0.15) is 0 Å². The summed E-state index contributed by atoms with van der Waals surface area (Å²) in [5.74, 6) is 0.355. The molecule has 0 heterocycles. The maximum atomic E-state index is 11.5. The number of rotatable bonds is 12. The molecule has 0 saturated carbocycles. The number of hydrogen-bond acceptors (Lipinski definition) is 4. The Balaban J connectivity index is 1.67. The van der Waals surface area contributed by atoms with Crippen molar-refractivity contribution in [2.45, 2.75) is 32.6 Å². The summed E-state index contributed by atoms with van der Waals surface area (Å²) in [5.41, 5.74) is 2.31. The van der Waals surface area contributed by atoms with Gasteiger partial charge in [-0.05, 0) is 48.2 Å². The number of carbonyl (C=O) groups excluding carboxylic acids is 1. The lowest BCUT2D eigenvalue weighted by atomic mass is 10.1. The first-order valence-electron chi connectivity index (χ1n) is 9.49. The Hall–Kier alpha value is -3.02. The maximum Gasteiger partial charge on any atom is 0.303 e. The predicted octanol–water partition coefficient (Wildman–Crippen LogP) is 3.23. The molecule has 0 fully saturated rings. The molecule has 1 amide bonds. The van der Waals surface area contributed by atoms with Gasteiger partial charge in [-0.25, -0.2) is 0 Å². The molecule has 0 spiro atoms. The molecule has 0 aliphatic carbocycles. The highest BCUT2D eigenvalue weighted by Crippen LogP contribution is 2.15. The smallest absolute Gasteiger partial charge is 0.303 e. The van der Waals surface area contributed by atoms with E-state index in [0.717, 1.165) is 23.5 Å². The second-order valence-electron chi connectivity index (χ2n) is 6.34. The number of carboxylic acids is 1. The Bertz CT molecular complexity index is 758. The van der Waals surface area contributed by atoms with E-state index in [1.165, 1.54) is 5.56 Å². The third-order valence-corrected chi connectivity index (χ3v) is 4.15. The molecule has 2 aromatic carbocycles. The summed E-state index contributed by atoms with van der Waals surface area (Å²) in [6.45, 7) is 3.46. The van der Waals surface area contributed by atoms with E-state index in [1.807, 2.05) is 36.4 Å². The monoisotopic (exact) mass is 385 g/mol. The minimum atomic E-state index is -0.970. The largest absolute Gasteiger partial charge is 0.490 e. The number of aliphatic carboxylic acids is 1. The molecule has 0 bridgehead atoms. The van der Waals surface area contributed by atoms with Crippen molar-refractivity contribution in [3.8, 4) is 11.5 Å². The van der Waals surface area contributed by atoms with Crippen LogP contribution in [0, 0.1) is 0 Å². The Morgan fingerprint density at radius 2 is 1.64 bits per heavy atom. The van der Waals surface area contributed by atoms with E-state index >= 15 is 0 Å². The van der Waals surface area contributed by atoms with E-state index in [1.54, 1.807) is 0 Å². The van der Waals surface area contributed by atoms with Crippen LogP contribution < -0.4 is 14.8 Å².